The minimum absolute atomic E-state index is 0. The van der Waals surface area contributed by atoms with E-state index >= 15 is 0 Å². The van der Waals surface area contributed by atoms with Gasteiger partial charge in [0, 0.05) is 19.5 Å². The van der Waals surface area contributed by atoms with Crippen molar-refractivity contribution in [3.63, 3.8) is 0 Å². The molecule has 1 aliphatic heterocycles. The van der Waals surface area contributed by atoms with Crippen LogP contribution in [-0.2, 0) is 11.2 Å². The summed E-state index contributed by atoms with van der Waals surface area (Å²) < 4.78 is 10.5. The van der Waals surface area contributed by atoms with Crippen molar-refractivity contribution >= 4 is 18.3 Å². The number of carbonyl (C=O) groups excluding carboxylic acids is 1. The third kappa shape index (κ3) is 6.12. The highest BCUT2D eigenvalue weighted by molar-refractivity contribution is 5.85. The molecule has 0 atom stereocenters. The Morgan fingerprint density at radius 2 is 2.13 bits per heavy atom. The van der Waals surface area contributed by atoms with Gasteiger partial charge in [-0.3, -0.25) is 4.79 Å². The second-order valence-electron chi connectivity index (χ2n) is 5.27. The van der Waals surface area contributed by atoms with Crippen molar-refractivity contribution in [1.82, 2.24) is 10.6 Å². The average molecular weight is 341 g/mol. The van der Waals surface area contributed by atoms with Gasteiger partial charge in [0.2, 0.25) is 5.91 Å². The largest absolute Gasteiger partial charge is 0.497 e. The maximum absolute atomic E-state index is 12.0. The summed E-state index contributed by atoms with van der Waals surface area (Å²) in [6, 6.07) is 5.64. The number of methoxy groups -OCH3 is 2. The van der Waals surface area contributed by atoms with Crippen molar-refractivity contribution in [3.05, 3.63) is 35.4 Å². The second kappa shape index (κ2) is 10.1. The Kier molecular flexibility index (Phi) is 8.51. The lowest BCUT2D eigenvalue weighted by molar-refractivity contribution is -0.120. The van der Waals surface area contributed by atoms with Gasteiger partial charge in [0.1, 0.15) is 11.5 Å². The van der Waals surface area contributed by atoms with Gasteiger partial charge in [0.05, 0.1) is 14.2 Å². The van der Waals surface area contributed by atoms with Gasteiger partial charge in [-0.15, -0.1) is 12.4 Å². The first-order valence-electron chi connectivity index (χ1n) is 7.59. The Balaban J connectivity index is 0.00000264. The molecule has 23 heavy (non-hydrogen) atoms. The zero-order chi connectivity index (χ0) is 15.8. The lowest BCUT2D eigenvalue weighted by Gasteiger charge is -2.15. The fraction of sp³-hybridized carbons (Fsp3) is 0.471. The molecule has 1 aromatic carbocycles. The monoisotopic (exact) mass is 340 g/mol. The van der Waals surface area contributed by atoms with Crippen LogP contribution in [0.4, 0.5) is 0 Å². The zero-order valence-electron chi connectivity index (χ0n) is 13.7. The molecule has 0 aliphatic carbocycles. The first kappa shape index (κ1) is 19.3. The van der Waals surface area contributed by atoms with E-state index in [1.807, 2.05) is 18.2 Å². The Morgan fingerprint density at radius 1 is 1.30 bits per heavy atom. The number of nitrogens with one attached hydrogen (secondary N) is 2. The molecule has 6 heteroatoms. The average Bonchev–Trinajstić information content (AvgIpc) is 2.58. The van der Waals surface area contributed by atoms with Gasteiger partial charge in [-0.25, -0.2) is 0 Å². The summed E-state index contributed by atoms with van der Waals surface area (Å²) in [5.74, 6) is 1.62. The molecule has 0 saturated carbocycles. The summed E-state index contributed by atoms with van der Waals surface area (Å²) in [5.41, 5.74) is 2.28. The first-order chi connectivity index (χ1) is 10.7. The first-order valence-corrected chi connectivity index (χ1v) is 7.59. The summed E-state index contributed by atoms with van der Waals surface area (Å²) >= 11 is 0. The smallest absolute Gasteiger partial charge is 0.220 e. The van der Waals surface area contributed by atoms with Crippen LogP contribution in [0.2, 0.25) is 0 Å². The summed E-state index contributed by atoms with van der Waals surface area (Å²) in [5, 5.41) is 6.24. The maximum Gasteiger partial charge on any atom is 0.220 e. The lowest BCUT2D eigenvalue weighted by Crippen LogP contribution is -2.29. The molecular formula is C17H25ClN2O3. The van der Waals surface area contributed by atoms with E-state index in [4.69, 9.17) is 9.47 Å². The van der Waals surface area contributed by atoms with E-state index in [0.717, 1.165) is 36.6 Å². The molecule has 128 valence electrons. The van der Waals surface area contributed by atoms with Gasteiger partial charge in [-0.05, 0) is 43.1 Å². The van der Waals surface area contributed by atoms with Crippen molar-refractivity contribution in [2.24, 2.45) is 0 Å². The highest BCUT2D eigenvalue weighted by atomic mass is 35.5. The minimum Gasteiger partial charge on any atom is -0.497 e. The zero-order valence-corrected chi connectivity index (χ0v) is 14.5. The van der Waals surface area contributed by atoms with Gasteiger partial charge >= 0.3 is 0 Å². The number of carbonyl (C=O) groups is 1. The number of benzene rings is 1. The maximum atomic E-state index is 12.0. The molecule has 0 aromatic heterocycles. The number of hydrogen-bond donors (Lipinski definition) is 2. The lowest BCUT2D eigenvalue weighted by atomic mass is 10.1. The molecule has 0 unspecified atom stereocenters. The van der Waals surface area contributed by atoms with Gasteiger partial charge in [-0.2, -0.15) is 0 Å². The van der Waals surface area contributed by atoms with Gasteiger partial charge in [-0.1, -0.05) is 11.6 Å². The van der Waals surface area contributed by atoms with Crippen molar-refractivity contribution in [1.29, 1.82) is 0 Å². The van der Waals surface area contributed by atoms with Crippen molar-refractivity contribution in [2.75, 3.05) is 33.9 Å². The van der Waals surface area contributed by atoms with E-state index in [2.05, 4.69) is 16.7 Å². The van der Waals surface area contributed by atoms with E-state index in [1.54, 1.807) is 14.2 Å². The number of aryl methyl sites for hydroxylation is 1. The molecule has 1 aromatic rings. The van der Waals surface area contributed by atoms with Crippen LogP contribution in [0.5, 0.6) is 11.5 Å². The number of halogens is 1. The van der Waals surface area contributed by atoms with E-state index in [0.29, 0.717) is 19.4 Å². The normalized spacial score (nSPS) is 13.6. The van der Waals surface area contributed by atoms with E-state index < -0.39 is 0 Å². The summed E-state index contributed by atoms with van der Waals surface area (Å²) in [4.78, 5) is 12.0. The highest BCUT2D eigenvalue weighted by Crippen LogP contribution is 2.25. The van der Waals surface area contributed by atoms with E-state index in [1.165, 1.54) is 5.57 Å². The van der Waals surface area contributed by atoms with Crippen molar-refractivity contribution < 1.29 is 14.3 Å². The molecule has 0 bridgehead atoms. The van der Waals surface area contributed by atoms with Crippen LogP contribution in [0.25, 0.3) is 0 Å². The summed E-state index contributed by atoms with van der Waals surface area (Å²) in [7, 11) is 3.26. The molecule has 5 nitrogen and oxygen atoms in total. The fourth-order valence-corrected chi connectivity index (χ4v) is 2.46. The fourth-order valence-electron chi connectivity index (χ4n) is 2.46. The Morgan fingerprint density at radius 3 is 2.78 bits per heavy atom. The van der Waals surface area contributed by atoms with Crippen LogP contribution in [0, 0.1) is 0 Å². The molecule has 2 N–H and O–H groups in total. The second-order valence-corrected chi connectivity index (χ2v) is 5.27. The highest BCUT2D eigenvalue weighted by Gasteiger charge is 2.09. The predicted octanol–water partition coefficient (Wildman–Crippen LogP) is 2.09. The topological polar surface area (TPSA) is 59.6 Å². The van der Waals surface area contributed by atoms with E-state index in [9.17, 15) is 4.79 Å². The van der Waals surface area contributed by atoms with Crippen LogP contribution in [-0.4, -0.2) is 39.8 Å². The molecule has 0 spiro atoms. The third-order valence-corrected chi connectivity index (χ3v) is 3.78. The van der Waals surface area contributed by atoms with Crippen LogP contribution in [0.1, 0.15) is 18.4 Å². The Bertz CT molecular complexity index is 547. The van der Waals surface area contributed by atoms with E-state index in [-0.39, 0.29) is 18.3 Å². The molecule has 1 amide bonds. The SMILES string of the molecule is COc1ccc(OC)c(CCC(=O)NCC2=CCNCC2)c1.Cl. The van der Waals surface area contributed by atoms with Crippen LogP contribution >= 0.6 is 12.4 Å². The van der Waals surface area contributed by atoms with Gasteiger partial charge < -0.3 is 20.1 Å². The molecule has 0 radical (unpaired) electrons. The predicted molar refractivity (Wildman–Crippen MR) is 93.7 cm³/mol. The molecule has 0 fully saturated rings. The number of ether oxygens (including phenoxy) is 2. The molecule has 2 rings (SSSR count). The third-order valence-electron chi connectivity index (χ3n) is 3.78. The minimum atomic E-state index is 0. The summed E-state index contributed by atoms with van der Waals surface area (Å²) in [6.07, 6.45) is 4.22. The van der Waals surface area contributed by atoms with Gasteiger partial charge in [0.25, 0.3) is 0 Å². The molecule has 1 heterocycles. The molecule has 0 saturated heterocycles. The Hall–Kier alpha value is -1.72. The van der Waals surface area contributed by atoms with Gasteiger partial charge in [0.15, 0.2) is 0 Å². The standard InChI is InChI=1S/C17H24N2O3.ClH/c1-21-15-4-5-16(22-2)14(11-15)3-6-17(20)19-12-13-7-9-18-10-8-13;/h4-5,7,11,18H,3,6,8-10,12H2,1-2H3,(H,19,20);1H. The quantitative estimate of drug-likeness (QED) is 0.746. The Labute approximate surface area is 143 Å². The number of hydrogen-bond acceptors (Lipinski definition) is 4. The van der Waals surface area contributed by atoms with Crippen molar-refractivity contribution in [2.45, 2.75) is 19.3 Å². The van der Waals surface area contributed by atoms with Crippen molar-refractivity contribution in [3.8, 4) is 11.5 Å². The number of amides is 1. The van der Waals surface area contributed by atoms with Crippen LogP contribution in [0.3, 0.4) is 0 Å². The van der Waals surface area contributed by atoms with Crippen LogP contribution in [0.15, 0.2) is 29.8 Å². The molecular weight excluding hydrogens is 316 g/mol. The summed E-state index contributed by atoms with van der Waals surface area (Å²) in [6.45, 7) is 2.53. The van der Waals surface area contributed by atoms with Crippen LogP contribution < -0.4 is 20.1 Å². The number of rotatable bonds is 7. The molecule has 1 aliphatic rings.